The number of nitrogens with one attached hydrogen (secondary N) is 1. The minimum Gasteiger partial charge on any atom is -0.340 e. The van der Waals surface area contributed by atoms with Gasteiger partial charge in [0.2, 0.25) is 5.91 Å². The highest BCUT2D eigenvalue weighted by Crippen LogP contribution is 2.37. The summed E-state index contributed by atoms with van der Waals surface area (Å²) in [6.07, 6.45) is 2.05. The predicted octanol–water partition coefficient (Wildman–Crippen LogP) is 1.66. The first-order chi connectivity index (χ1) is 9.59. The number of hydrogen-bond donors (Lipinski definition) is 1. The molecule has 0 bridgehead atoms. The number of fused-ring (bicyclic) bond motifs is 1. The number of rotatable bonds is 1. The second-order valence-corrected chi connectivity index (χ2v) is 5.83. The second-order valence-electron chi connectivity index (χ2n) is 5.44. The van der Waals surface area contributed by atoms with Crippen LogP contribution in [0.3, 0.4) is 0 Å². The zero-order valence-corrected chi connectivity index (χ0v) is 12.5. The van der Waals surface area contributed by atoms with E-state index in [0.29, 0.717) is 11.2 Å². The van der Waals surface area contributed by atoms with E-state index in [2.05, 4.69) is 15.2 Å². The van der Waals surface area contributed by atoms with Crippen LogP contribution in [0.4, 0.5) is 11.5 Å². The molecule has 0 spiro atoms. The van der Waals surface area contributed by atoms with E-state index in [1.54, 1.807) is 18.0 Å². The number of halogens is 1. The maximum Gasteiger partial charge on any atom is 0.249 e. The van der Waals surface area contributed by atoms with Gasteiger partial charge in [0, 0.05) is 13.1 Å². The van der Waals surface area contributed by atoms with E-state index in [4.69, 9.17) is 11.6 Å². The molecule has 2 aliphatic rings. The number of nitrogens with zero attached hydrogens (tertiary/aromatic N) is 3. The molecule has 1 amide bonds. The molecule has 3 rings (SSSR count). The third-order valence-electron chi connectivity index (χ3n) is 4.23. The number of carbonyl (C=O) groups is 1. The molecule has 1 saturated heterocycles. The molecule has 5 nitrogen and oxygen atoms in total. The van der Waals surface area contributed by atoms with Crippen molar-refractivity contribution >= 4 is 29.0 Å². The molecule has 108 valence electrons. The van der Waals surface area contributed by atoms with E-state index >= 15 is 0 Å². The molecular formula is C14H19ClN4O. The summed E-state index contributed by atoms with van der Waals surface area (Å²) < 4.78 is 0. The van der Waals surface area contributed by atoms with Crippen molar-refractivity contribution in [1.29, 1.82) is 0 Å². The molecule has 1 aromatic rings. The minimum absolute atomic E-state index is 0.111. The third kappa shape index (κ3) is 2.15. The summed E-state index contributed by atoms with van der Waals surface area (Å²) in [4.78, 5) is 20.8. The number of piperidine rings is 1. The molecule has 0 radical (unpaired) electrons. The Bertz CT molecular complexity index is 530. The van der Waals surface area contributed by atoms with E-state index in [1.807, 2.05) is 13.0 Å². The lowest BCUT2D eigenvalue weighted by Crippen LogP contribution is -2.56. The zero-order chi connectivity index (χ0) is 14.3. The molecule has 1 N–H and O–H groups in total. The average molecular weight is 295 g/mol. The standard InChI is InChI=1S/C14H19ClN4O/c1-9-14(20)18(2)11-3-4-12(15)17-13(11)19(9)10-5-7-16-8-6-10/h3-4,9-10,16H,5-8H2,1-2H3/t9-/m1/s1. The monoisotopic (exact) mass is 294 g/mol. The largest absolute Gasteiger partial charge is 0.340 e. The van der Waals surface area contributed by atoms with Gasteiger partial charge < -0.3 is 15.1 Å². The molecular weight excluding hydrogens is 276 g/mol. The van der Waals surface area contributed by atoms with Crippen molar-refractivity contribution in [3.8, 4) is 0 Å². The lowest BCUT2D eigenvalue weighted by molar-refractivity contribution is -0.119. The lowest BCUT2D eigenvalue weighted by Gasteiger charge is -2.44. The number of aromatic nitrogens is 1. The van der Waals surface area contributed by atoms with Crippen LogP contribution in [0.1, 0.15) is 19.8 Å². The van der Waals surface area contributed by atoms with E-state index in [1.165, 1.54) is 0 Å². The van der Waals surface area contributed by atoms with E-state index in [0.717, 1.165) is 37.4 Å². The normalized spacial score (nSPS) is 23.9. The van der Waals surface area contributed by atoms with Gasteiger partial charge in [0.25, 0.3) is 0 Å². The number of pyridine rings is 1. The molecule has 1 fully saturated rings. The highest BCUT2D eigenvalue weighted by Gasteiger charge is 2.38. The van der Waals surface area contributed by atoms with Crippen LogP contribution in [-0.4, -0.2) is 43.1 Å². The molecule has 0 aliphatic carbocycles. The van der Waals surface area contributed by atoms with Gasteiger partial charge in [0.15, 0.2) is 5.82 Å². The van der Waals surface area contributed by atoms with Crippen molar-refractivity contribution in [1.82, 2.24) is 10.3 Å². The summed E-state index contributed by atoms with van der Waals surface area (Å²) >= 11 is 6.06. The Labute approximate surface area is 123 Å². The molecule has 1 aromatic heterocycles. The van der Waals surface area contributed by atoms with Gasteiger partial charge in [0.05, 0.1) is 5.69 Å². The van der Waals surface area contributed by atoms with Gasteiger partial charge in [-0.15, -0.1) is 0 Å². The topological polar surface area (TPSA) is 48.5 Å². The third-order valence-corrected chi connectivity index (χ3v) is 4.44. The highest BCUT2D eigenvalue weighted by molar-refractivity contribution is 6.29. The Kier molecular flexibility index (Phi) is 3.56. The van der Waals surface area contributed by atoms with Crippen molar-refractivity contribution in [2.45, 2.75) is 31.8 Å². The summed E-state index contributed by atoms with van der Waals surface area (Å²) in [6, 6.07) is 3.76. The first kappa shape index (κ1) is 13.6. The number of carbonyl (C=O) groups excluding carboxylic acids is 1. The van der Waals surface area contributed by atoms with Gasteiger partial charge in [-0.2, -0.15) is 0 Å². The summed E-state index contributed by atoms with van der Waals surface area (Å²) in [6.45, 7) is 3.91. The SMILES string of the molecule is C[C@@H]1C(=O)N(C)c2ccc(Cl)nc2N1C1CCNCC1. The Hall–Kier alpha value is -1.33. The molecule has 0 aromatic carbocycles. The first-order valence-corrected chi connectivity index (χ1v) is 7.40. The van der Waals surface area contributed by atoms with Crippen molar-refractivity contribution in [2.75, 3.05) is 29.9 Å². The Morgan fingerprint density at radius 2 is 2.05 bits per heavy atom. The maximum atomic E-state index is 12.4. The average Bonchev–Trinajstić information content (AvgIpc) is 2.46. The lowest BCUT2D eigenvalue weighted by atomic mass is 10.00. The fourth-order valence-electron chi connectivity index (χ4n) is 3.15. The van der Waals surface area contributed by atoms with Crippen LogP contribution in [0.15, 0.2) is 12.1 Å². The molecule has 0 saturated carbocycles. The Morgan fingerprint density at radius 1 is 1.35 bits per heavy atom. The van der Waals surface area contributed by atoms with E-state index < -0.39 is 0 Å². The van der Waals surface area contributed by atoms with Crippen LogP contribution in [0.25, 0.3) is 0 Å². The molecule has 1 atom stereocenters. The van der Waals surface area contributed by atoms with Gasteiger partial charge >= 0.3 is 0 Å². The smallest absolute Gasteiger partial charge is 0.249 e. The fraction of sp³-hybridized carbons (Fsp3) is 0.571. The van der Waals surface area contributed by atoms with Gasteiger partial charge in [-0.25, -0.2) is 4.98 Å². The van der Waals surface area contributed by atoms with Crippen molar-refractivity contribution < 1.29 is 4.79 Å². The molecule has 3 heterocycles. The summed E-state index contributed by atoms with van der Waals surface area (Å²) in [7, 11) is 1.80. The quantitative estimate of drug-likeness (QED) is 0.800. The fourth-order valence-corrected chi connectivity index (χ4v) is 3.29. The van der Waals surface area contributed by atoms with Crippen LogP contribution in [0, 0.1) is 0 Å². The number of amides is 1. The van der Waals surface area contributed by atoms with Crippen LogP contribution in [0.2, 0.25) is 5.15 Å². The summed E-state index contributed by atoms with van der Waals surface area (Å²) in [5, 5.41) is 3.83. The molecule has 2 aliphatic heterocycles. The van der Waals surface area contributed by atoms with Gasteiger partial charge in [-0.1, -0.05) is 11.6 Å². The number of likely N-dealkylation sites (N-methyl/N-ethyl adjacent to an activating group) is 1. The van der Waals surface area contributed by atoms with Crippen LogP contribution >= 0.6 is 11.6 Å². The van der Waals surface area contributed by atoms with Crippen LogP contribution in [-0.2, 0) is 4.79 Å². The molecule has 6 heteroatoms. The summed E-state index contributed by atoms with van der Waals surface area (Å²) in [5.41, 5.74) is 0.844. The first-order valence-electron chi connectivity index (χ1n) is 7.03. The van der Waals surface area contributed by atoms with Crippen molar-refractivity contribution in [3.05, 3.63) is 17.3 Å². The van der Waals surface area contributed by atoms with Gasteiger partial charge in [-0.05, 0) is 45.0 Å². The number of anilines is 2. The van der Waals surface area contributed by atoms with Crippen molar-refractivity contribution in [3.63, 3.8) is 0 Å². The molecule has 20 heavy (non-hydrogen) atoms. The highest BCUT2D eigenvalue weighted by atomic mass is 35.5. The van der Waals surface area contributed by atoms with Crippen LogP contribution < -0.4 is 15.1 Å². The summed E-state index contributed by atoms with van der Waals surface area (Å²) in [5.74, 6) is 0.944. The van der Waals surface area contributed by atoms with Crippen molar-refractivity contribution in [2.24, 2.45) is 0 Å². The second kappa shape index (κ2) is 5.22. The van der Waals surface area contributed by atoms with Gasteiger partial charge in [-0.3, -0.25) is 4.79 Å². The predicted molar refractivity (Wildman–Crippen MR) is 80.5 cm³/mol. The van der Waals surface area contributed by atoms with E-state index in [-0.39, 0.29) is 11.9 Å². The zero-order valence-electron chi connectivity index (χ0n) is 11.8. The van der Waals surface area contributed by atoms with Gasteiger partial charge in [0.1, 0.15) is 11.2 Å². The Balaban J connectivity index is 2.05. The Morgan fingerprint density at radius 3 is 2.75 bits per heavy atom. The van der Waals surface area contributed by atoms with E-state index in [9.17, 15) is 4.79 Å². The molecule has 0 unspecified atom stereocenters. The maximum absolute atomic E-state index is 12.4. The minimum atomic E-state index is -0.193. The van der Waals surface area contributed by atoms with Crippen LogP contribution in [0.5, 0.6) is 0 Å². The number of hydrogen-bond acceptors (Lipinski definition) is 4.